The van der Waals surface area contributed by atoms with Gasteiger partial charge >= 0.3 is 0 Å². The zero-order valence-electron chi connectivity index (χ0n) is 7.41. The summed E-state index contributed by atoms with van der Waals surface area (Å²) in [5.74, 6) is 0. The highest BCUT2D eigenvalue weighted by molar-refractivity contribution is 9.10. The number of nitrogens with zero attached hydrogens (tertiary/aromatic N) is 1. The van der Waals surface area contributed by atoms with Crippen LogP contribution in [0.3, 0.4) is 0 Å². The molecule has 0 aliphatic carbocycles. The monoisotopic (exact) mass is 240 g/mol. The summed E-state index contributed by atoms with van der Waals surface area (Å²) >= 11 is 3.36. The van der Waals surface area contributed by atoms with Crippen molar-refractivity contribution < 1.29 is 0 Å². The van der Waals surface area contributed by atoms with Gasteiger partial charge in [-0.2, -0.15) is 0 Å². The van der Waals surface area contributed by atoms with E-state index in [0.29, 0.717) is 0 Å². The molecule has 2 N–H and O–H groups in total. The second kappa shape index (κ2) is 5.14. The lowest BCUT2D eigenvalue weighted by atomic mass is 10.1. The molecule has 0 amide bonds. The molecule has 1 aromatic rings. The van der Waals surface area contributed by atoms with Gasteiger partial charge < -0.3 is 5.73 Å². The molecule has 0 radical (unpaired) electrons. The predicted octanol–water partition coefficient (Wildman–Crippen LogP) is 2.81. The maximum Gasteiger partial charge on any atom is 0.0410 e. The summed E-state index contributed by atoms with van der Waals surface area (Å²) in [6.07, 6.45) is 7.29. The molecule has 0 spiro atoms. The fraction of sp³-hybridized carbons (Fsp3) is 0.300. The molecule has 3 heteroatoms. The van der Waals surface area contributed by atoms with Crippen LogP contribution in [0.4, 0.5) is 0 Å². The van der Waals surface area contributed by atoms with Crippen LogP contribution in [0.1, 0.15) is 24.4 Å². The van der Waals surface area contributed by atoms with Crippen LogP contribution in [-0.4, -0.2) is 4.98 Å². The van der Waals surface area contributed by atoms with Crippen molar-refractivity contribution in [1.29, 1.82) is 0 Å². The van der Waals surface area contributed by atoms with Gasteiger partial charge in [-0.05, 0) is 40.4 Å². The van der Waals surface area contributed by atoms with Crippen molar-refractivity contribution in [2.24, 2.45) is 5.73 Å². The standard InChI is InChI=1S/C10H13BrN2/c1-2-3-4-10(12)8-5-9(11)7-13-6-8/h2,5-7,10H,1,3-4,12H2/t10-/m0/s1. The van der Waals surface area contributed by atoms with Crippen molar-refractivity contribution >= 4 is 15.9 Å². The lowest BCUT2D eigenvalue weighted by Gasteiger charge is -2.09. The summed E-state index contributed by atoms with van der Waals surface area (Å²) in [6.45, 7) is 3.66. The zero-order chi connectivity index (χ0) is 9.68. The van der Waals surface area contributed by atoms with E-state index in [9.17, 15) is 0 Å². The minimum absolute atomic E-state index is 0.0583. The van der Waals surface area contributed by atoms with Crippen molar-refractivity contribution in [3.8, 4) is 0 Å². The highest BCUT2D eigenvalue weighted by Crippen LogP contribution is 2.18. The summed E-state index contributed by atoms with van der Waals surface area (Å²) in [6, 6.07) is 2.06. The average Bonchev–Trinajstić information content (AvgIpc) is 2.14. The Morgan fingerprint density at radius 2 is 2.38 bits per heavy atom. The van der Waals surface area contributed by atoms with E-state index in [1.165, 1.54) is 0 Å². The highest BCUT2D eigenvalue weighted by atomic mass is 79.9. The number of halogens is 1. The van der Waals surface area contributed by atoms with E-state index < -0.39 is 0 Å². The topological polar surface area (TPSA) is 38.9 Å². The van der Waals surface area contributed by atoms with Gasteiger partial charge in [-0.1, -0.05) is 6.08 Å². The first kappa shape index (κ1) is 10.4. The first-order chi connectivity index (χ1) is 6.24. The van der Waals surface area contributed by atoms with E-state index in [1.807, 2.05) is 12.1 Å². The van der Waals surface area contributed by atoms with Gasteiger partial charge in [0.2, 0.25) is 0 Å². The van der Waals surface area contributed by atoms with Crippen molar-refractivity contribution in [1.82, 2.24) is 4.98 Å². The number of hydrogen-bond donors (Lipinski definition) is 1. The first-order valence-electron chi connectivity index (χ1n) is 4.21. The van der Waals surface area contributed by atoms with Crippen LogP contribution in [-0.2, 0) is 0 Å². The molecule has 0 saturated heterocycles. The molecule has 0 unspecified atom stereocenters. The minimum Gasteiger partial charge on any atom is -0.324 e. The van der Waals surface area contributed by atoms with Gasteiger partial charge in [0.05, 0.1) is 0 Å². The Morgan fingerprint density at radius 3 is 3.00 bits per heavy atom. The van der Waals surface area contributed by atoms with E-state index in [-0.39, 0.29) is 6.04 Å². The summed E-state index contributed by atoms with van der Waals surface area (Å²) in [7, 11) is 0. The Morgan fingerprint density at radius 1 is 1.62 bits per heavy atom. The Hall–Kier alpha value is -0.670. The van der Waals surface area contributed by atoms with Crippen LogP contribution in [0, 0.1) is 0 Å². The van der Waals surface area contributed by atoms with Gasteiger partial charge in [-0.3, -0.25) is 4.98 Å². The Kier molecular flexibility index (Phi) is 4.12. The van der Waals surface area contributed by atoms with Crippen molar-refractivity contribution in [3.05, 3.63) is 41.2 Å². The summed E-state index contributed by atoms with van der Waals surface area (Å²) in [5, 5.41) is 0. The summed E-state index contributed by atoms with van der Waals surface area (Å²) in [5.41, 5.74) is 7.01. The van der Waals surface area contributed by atoms with Crippen LogP contribution < -0.4 is 5.73 Å². The van der Waals surface area contributed by atoms with Crippen LogP contribution >= 0.6 is 15.9 Å². The molecule has 0 fully saturated rings. The molecular weight excluding hydrogens is 228 g/mol. The maximum absolute atomic E-state index is 5.94. The second-order valence-electron chi connectivity index (χ2n) is 2.91. The Balaban J connectivity index is 2.65. The molecule has 0 aliphatic rings. The smallest absolute Gasteiger partial charge is 0.0410 e. The number of nitrogens with two attached hydrogens (primary N) is 1. The number of aromatic nitrogens is 1. The fourth-order valence-corrected chi connectivity index (χ4v) is 1.48. The van der Waals surface area contributed by atoms with Crippen molar-refractivity contribution in [2.45, 2.75) is 18.9 Å². The minimum atomic E-state index is 0.0583. The van der Waals surface area contributed by atoms with Crippen LogP contribution in [0.2, 0.25) is 0 Å². The van der Waals surface area contributed by atoms with E-state index >= 15 is 0 Å². The first-order valence-corrected chi connectivity index (χ1v) is 5.00. The predicted molar refractivity (Wildman–Crippen MR) is 58.3 cm³/mol. The average molecular weight is 241 g/mol. The number of allylic oxidation sites excluding steroid dienone is 1. The van der Waals surface area contributed by atoms with Gasteiger partial charge in [-0.25, -0.2) is 0 Å². The zero-order valence-corrected chi connectivity index (χ0v) is 9.00. The molecule has 1 rings (SSSR count). The fourth-order valence-electron chi connectivity index (χ4n) is 1.10. The molecule has 2 nitrogen and oxygen atoms in total. The molecule has 0 saturated carbocycles. The molecule has 70 valence electrons. The quantitative estimate of drug-likeness (QED) is 0.823. The lowest BCUT2D eigenvalue weighted by molar-refractivity contribution is 0.658. The molecule has 0 aromatic carbocycles. The largest absolute Gasteiger partial charge is 0.324 e. The normalized spacial score (nSPS) is 12.5. The summed E-state index contributed by atoms with van der Waals surface area (Å²) in [4.78, 5) is 4.06. The highest BCUT2D eigenvalue weighted by Gasteiger charge is 2.04. The number of pyridine rings is 1. The van der Waals surface area contributed by atoms with Gasteiger partial charge in [0.25, 0.3) is 0 Å². The van der Waals surface area contributed by atoms with Gasteiger partial charge in [0.1, 0.15) is 0 Å². The third-order valence-corrected chi connectivity index (χ3v) is 2.27. The van der Waals surface area contributed by atoms with Crippen molar-refractivity contribution in [3.63, 3.8) is 0 Å². The lowest BCUT2D eigenvalue weighted by Crippen LogP contribution is -2.09. The molecule has 1 atom stereocenters. The second-order valence-corrected chi connectivity index (χ2v) is 3.82. The van der Waals surface area contributed by atoms with Gasteiger partial charge in [0.15, 0.2) is 0 Å². The third-order valence-electron chi connectivity index (χ3n) is 1.84. The van der Waals surface area contributed by atoms with E-state index in [4.69, 9.17) is 5.73 Å². The molecule has 1 heterocycles. The number of hydrogen-bond acceptors (Lipinski definition) is 2. The Labute approximate surface area is 87.0 Å². The van der Waals surface area contributed by atoms with Crippen LogP contribution in [0.25, 0.3) is 0 Å². The van der Waals surface area contributed by atoms with E-state index in [1.54, 1.807) is 12.4 Å². The van der Waals surface area contributed by atoms with Crippen LogP contribution in [0.15, 0.2) is 35.6 Å². The molecular formula is C10H13BrN2. The number of rotatable bonds is 4. The summed E-state index contributed by atoms with van der Waals surface area (Å²) < 4.78 is 0.971. The van der Waals surface area contributed by atoms with Crippen LogP contribution in [0.5, 0.6) is 0 Å². The maximum atomic E-state index is 5.94. The van der Waals surface area contributed by atoms with E-state index in [0.717, 1.165) is 22.9 Å². The van der Waals surface area contributed by atoms with E-state index in [2.05, 4.69) is 27.5 Å². The molecule has 13 heavy (non-hydrogen) atoms. The van der Waals surface area contributed by atoms with Crippen molar-refractivity contribution in [2.75, 3.05) is 0 Å². The molecule has 1 aromatic heterocycles. The molecule has 0 bridgehead atoms. The molecule has 0 aliphatic heterocycles. The SMILES string of the molecule is C=CCC[C@H](N)c1cncc(Br)c1. The third kappa shape index (κ3) is 3.28. The van der Waals surface area contributed by atoms with Gasteiger partial charge in [0, 0.05) is 22.9 Å². The van der Waals surface area contributed by atoms with Gasteiger partial charge in [-0.15, -0.1) is 6.58 Å². The Bertz CT molecular complexity index is 286.